The van der Waals surface area contributed by atoms with Gasteiger partial charge in [0.05, 0.1) is 18.8 Å². The molecule has 0 atom stereocenters. The van der Waals surface area contributed by atoms with Crippen molar-refractivity contribution in [3.05, 3.63) is 47.5 Å². The summed E-state index contributed by atoms with van der Waals surface area (Å²) in [5.74, 6) is 0.557. The summed E-state index contributed by atoms with van der Waals surface area (Å²) in [5.41, 5.74) is 1.84. The molecule has 2 aromatic rings. The monoisotopic (exact) mass is 263 g/mol. The van der Waals surface area contributed by atoms with Crippen LogP contribution in [0.3, 0.4) is 0 Å². The molecule has 2 rings (SSSR count). The maximum absolute atomic E-state index is 13.2. The first-order chi connectivity index (χ1) is 9.19. The van der Waals surface area contributed by atoms with Crippen LogP contribution in [0.2, 0.25) is 0 Å². The fourth-order valence-corrected chi connectivity index (χ4v) is 1.91. The summed E-state index contributed by atoms with van der Waals surface area (Å²) >= 11 is 0. The number of nitrogens with one attached hydrogen (secondary N) is 1. The summed E-state index contributed by atoms with van der Waals surface area (Å²) in [6, 6.07) is 6.60. The number of aromatic nitrogens is 2. The lowest BCUT2D eigenvalue weighted by Crippen LogP contribution is -2.12. The quantitative estimate of drug-likeness (QED) is 0.814. The molecular weight excluding hydrogens is 245 g/mol. The molecule has 1 heterocycles. The van der Waals surface area contributed by atoms with Gasteiger partial charge in [0.2, 0.25) is 5.95 Å². The number of aryl methyl sites for hydroxylation is 1. The Morgan fingerprint density at radius 1 is 1.42 bits per heavy atom. The number of rotatable bonds is 6. The van der Waals surface area contributed by atoms with E-state index in [-0.39, 0.29) is 5.82 Å². The molecule has 0 aliphatic rings. The molecule has 5 heteroatoms. The van der Waals surface area contributed by atoms with Gasteiger partial charge >= 0.3 is 0 Å². The largest absolute Gasteiger partial charge is 0.383 e. The highest BCUT2D eigenvalue weighted by Crippen LogP contribution is 2.12. The van der Waals surface area contributed by atoms with E-state index in [1.54, 1.807) is 13.2 Å². The van der Waals surface area contributed by atoms with Gasteiger partial charge < -0.3 is 14.6 Å². The highest BCUT2D eigenvalue weighted by molar-refractivity contribution is 5.30. The van der Waals surface area contributed by atoms with E-state index in [9.17, 15) is 4.39 Å². The van der Waals surface area contributed by atoms with E-state index in [4.69, 9.17) is 4.74 Å². The van der Waals surface area contributed by atoms with E-state index in [1.807, 2.05) is 23.8 Å². The highest BCUT2D eigenvalue weighted by atomic mass is 19.1. The smallest absolute Gasteiger partial charge is 0.203 e. The molecule has 0 aliphatic carbocycles. The molecule has 0 spiro atoms. The van der Waals surface area contributed by atoms with Crippen molar-refractivity contribution in [1.29, 1.82) is 0 Å². The Kier molecular flexibility index (Phi) is 4.52. The first-order valence-corrected chi connectivity index (χ1v) is 6.20. The molecule has 102 valence electrons. The third-order valence-electron chi connectivity index (χ3n) is 2.73. The van der Waals surface area contributed by atoms with Gasteiger partial charge in [-0.2, -0.15) is 0 Å². The minimum Gasteiger partial charge on any atom is -0.383 e. The van der Waals surface area contributed by atoms with Gasteiger partial charge in [-0.15, -0.1) is 0 Å². The molecule has 0 radical (unpaired) electrons. The number of halogens is 1. The maximum Gasteiger partial charge on any atom is 0.203 e. The average Bonchev–Trinajstić information content (AvgIpc) is 2.70. The average molecular weight is 263 g/mol. The fraction of sp³-hybridized carbons (Fsp3) is 0.357. The van der Waals surface area contributed by atoms with Crippen LogP contribution in [0, 0.1) is 12.7 Å². The van der Waals surface area contributed by atoms with Crippen LogP contribution < -0.4 is 5.32 Å². The third kappa shape index (κ3) is 3.79. The summed E-state index contributed by atoms with van der Waals surface area (Å²) in [7, 11) is 1.66. The van der Waals surface area contributed by atoms with Gasteiger partial charge in [-0.1, -0.05) is 12.1 Å². The van der Waals surface area contributed by atoms with Crippen molar-refractivity contribution in [2.45, 2.75) is 13.5 Å². The van der Waals surface area contributed by atoms with E-state index in [2.05, 4.69) is 10.3 Å². The van der Waals surface area contributed by atoms with Crippen LogP contribution in [-0.4, -0.2) is 29.8 Å². The van der Waals surface area contributed by atoms with Crippen molar-refractivity contribution in [3.8, 4) is 0 Å². The van der Waals surface area contributed by atoms with Crippen LogP contribution in [-0.2, 0) is 11.3 Å². The maximum atomic E-state index is 13.2. The number of methoxy groups -OCH3 is 1. The van der Waals surface area contributed by atoms with Crippen molar-refractivity contribution in [2.24, 2.45) is 0 Å². The second-order valence-electron chi connectivity index (χ2n) is 4.38. The Morgan fingerprint density at radius 2 is 2.26 bits per heavy atom. The molecular formula is C14H18FN3O. The third-order valence-corrected chi connectivity index (χ3v) is 2.73. The Morgan fingerprint density at radius 3 is 3.00 bits per heavy atom. The number of ether oxygens (including phenoxy) is 1. The summed E-state index contributed by atoms with van der Waals surface area (Å²) < 4.78 is 20.1. The Labute approximate surface area is 112 Å². The summed E-state index contributed by atoms with van der Waals surface area (Å²) in [5, 5.41) is 3.20. The molecule has 0 bridgehead atoms. The summed E-state index contributed by atoms with van der Waals surface area (Å²) in [4.78, 5) is 4.40. The van der Waals surface area contributed by atoms with Crippen LogP contribution in [0.1, 0.15) is 11.3 Å². The summed E-state index contributed by atoms with van der Waals surface area (Å²) in [6.07, 6.45) is 1.94. The molecule has 0 fully saturated rings. The zero-order valence-electron chi connectivity index (χ0n) is 11.2. The van der Waals surface area contributed by atoms with Gasteiger partial charge in [0.25, 0.3) is 0 Å². The normalized spacial score (nSPS) is 10.7. The molecule has 1 aromatic carbocycles. The van der Waals surface area contributed by atoms with Gasteiger partial charge in [0.15, 0.2) is 0 Å². The number of hydrogen-bond donors (Lipinski definition) is 1. The fourth-order valence-electron chi connectivity index (χ4n) is 1.91. The molecule has 4 nitrogen and oxygen atoms in total. The van der Waals surface area contributed by atoms with E-state index < -0.39 is 0 Å². The topological polar surface area (TPSA) is 39.1 Å². The molecule has 1 aromatic heterocycles. The van der Waals surface area contributed by atoms with Crippen molar-refractivity contribution >= 4 is 5.95 Å². The van der Waals surface area contributed by atoms with Crippen molar-refractivity contribution < 1.29 is 9.13 Å². The summed E-state index contributed by atoms with van der Waals surface area (Å²) in [6.45, 7) is 3.83. The van der Waals surface area contributed by atoms with Gasteiger partial charge in [0.1, 0.15) is 5.82 Å². The zero-order valence-corrected chi connectivity index (χ0v) is 11.2. The second kappa shape index (κ2) is 6.33. The Bertz CT molecular complexity index is 539. The van der Waals surface area contributed by atoms with Gasteiger partial charge in [-0.25, -0.2) is 9.37 Å². The SMILES string of the molecule is COCCNc1nc(C)cn1Cc1cccc(F)c1. The van der Waals surface area contributed by atoms with Gasteiger partial charge in [0, 0.05) is 19.9 Å². The van der Waals surface area contributed by atoms with Crippen LogP contribution in [0.25, 0.3) is 0 Å². The number of benzene rings is 1. The van der Waals surface area contributed by atoms with E-state index in [1.165, 1.54) is 12.1 Å². The number of nitrogens with zero attached hydrogens (tertiary/aromatic N) is 2. The molecule has 0 amide bonds. The molecule has 0 unspecified atom stereocenters. The molecule has 19 heavy (non-hydrogen) atoms. The van der Waals surface area contributed by atoms with Gasteiger partial charge in [-0.3, -0.25) is 0 Å². The lowest BCUT2D eigenvalue weighted by atomic mass is 10.2. The first kappa shape index (κ1) is 13.5. The Balaban J connectivity index is 2.10. The number of imidazole rings is 1. The molecule has 0 saturated carbocycles. The lowest BCUT2D eigenvalue weighted by molar-refractivity contribution is 0.210. The van der Waals surface area contributed by atoms with Crippen molar-refractivity contribution in [1.82, 2.24) is 9.55 Å². The van der Waals surface area contributed by atoms with Crippen LogP contribution in [0.15, 0.2) is 30.5 Å². The van der Waals surface area contributed by atoms with E-state index >= 15 is 0 Å². The van der Waals surface area contributed by atoms with Crippen LogP contribution >= 0.6 is 0 Å². The Hall–Kier alpha value is -1.88. The molecule has 0 aliphatic heterocycles. The predicted molar refractivity (Wildman–Crippen MR) is 72.8 cm³/mol. The number of hydrogen-bond acceptors (Lipinski definition) is 3. The highest BCUT2D eigenvalue weighted by Gasteiger charge is 2.06. The van der Waals surface area contributed by atoms with Crippen molar-refractivity contribution in [2.75, 3.05) is 25.6 Å². The zero-order chi connectivity index (χ0) is 13.7. The minimum atomic E-state index is -0.219. The van der Waals surface area contributed by atoms with Crippen LogP contribution in [0.4, 0.5) is 10.3 Å². The molecule has 0 saturated heterocycles. The van der Waals surface area contributed by atoms with E-state index in [0.29, 0.717) is 19.7 Å². The molecule has 1 N–H and O–H groups in total. The van der Waals surface area contributed by atoms with Crippen molar-refractivity contribution in [3.63, 3.8) is 0 Å². The minimum absolute atomic E-state index is 0.219. The first-order valence-electron chi connectivity index (χ1n) is 6.20. The number of anilines is 1. The van der Waals surface area contributed by atoms with Crippen LogP contribution in [0.5, 0.6) is 0 Å². The van der Waals surface area contributed by atoms with E-state index in [0.717, 1.165) is 17.2 Å². The second-order valence-corrected chi connectivity index (χ2v) is 4.38. The predicted octanol–water partition coefficient (Wildman–Crippen LogP) is 2.44. The lowest BCUT2D eigenvalue weighted by Gasteiger charge is -2.09. The van der Waals surface area contributed by atoms with Gasteiger partial charge in [-0.05, 0) is 24.6 Å². The standard InChI is InChI=1S/C14H18FN3O/c1-11-9-18(14(17-11)16-6-7-19-2)10-12-4-3-5-13(15)8-12/h3-5,8-9H,6-7,10H2,1-2H3,(H,16,17).